The number of rotatable bonds is 12. The molecule has 1 saturated heterocycles. The van der Waals surface area contributed by atoms with Crippen molar-refractivity contribution < 1.29 is 32.0 Å². The maximum Gasteiger partial charge on any atom is 0.282 e. The van der Waals surface area contributed by atoms with Crippen LogP contribution in [0.15, 0.2) is 47.4 Å². The van der Waals surface area contributed by atoms with Crippen molar-refractivity contribution in [2.45, 2.75) is 37.0 Å². The molecule has 1 saturated carbocycles. The van der Waals surface area contributed by atoms with Crippen molar-refractivity contribution in [3.8, 4) is 17.2 Å². The third kappa shape index (κ3) is 5.71. The Bertz CT molecular complexity index is 1110. The Labute approximate surface area is 201 Å². The minimum Gasteiger partial charge on any atom is -0.493 e. The minimum absolute atomic E-state index is 0.145. The van der Waals surface area contributed by atoms with E-state index in [1.807, 2.05) is 24.3 Å². The van der Waals surface area contributed by atoms with Gasteiger partial charge in [-0.15, -0.1) is 0 Å². The molecule has 2 fully saturated rings. The first-order chi connectivity index (χ1) is 16.4. The summed E-state index contributed by atoms with van der Waals surface area (Å²) in [5, 5.41) is 0. The number of carbonyl (C=O) groups excluding carboxylic acids is 1. The molecule has 0 amide bonds. The fourth-order valence-corrected chi connectivity index (χ4v) is 5.85. The zero-order valence-corrected chi connectivity index (χ0v) is 20.6. The number of ether oxygens (including phenoxy) is 3. The number of nitrogens with one attached hydrogen (secondary N) is 1. The molecule has 8 nitrogen and oxygen atoms in total. The van der Waals surface area contributed by atoms with Crippen LogP contribution in [0, 0.1) is 5.92 Å². The molecule has 0 atom stereocenters. The summed E-state index contributed by atoms with van der Waals surface area (Å²) in [5.41, 5.74) is 0.737. The quantitative estimate of drug-likeness (QED) is 0.278. The summed E-state index contributed by atoms with van der Waals surface area (Å²) in [7, 11) is -0.756. The van der Waals surface area contributed by atoms with Gasteiger partial charge in [0, 0.05) is 36.8 Å². The fourth-order valence-electron chi connectivity index (χ4n) is 4.45. The number of nitrogens with zero attached hydrogens (tertiary/aromatic N) is 1. The number of hydrogen-bond donors (Lipinski definition) is 1. The van der Waals surface area contributed by atoms with Gasteiger partial charge in [-0.05, 0) is 49.2 Å². The van der Waals surface area contributed by atoms with Crippen molar-refractivity contribution in [1.82, 2.24) is 4.83 Å². The third-order valence-corrected chi connectivity index (χ3v) is 7.99. The van der Waals surface area contributed by atoms with Gasteiger partial charge in [0.25, 0.3) is 10.0 Å². The van der Waals surface area contributed by atoms with Gasteiger partial charge in [0.1, 0.15) is 12.3 Å². The zero-order valence-electron chi connectivity index (χ0n) is 19.8. The number of carbonyl (C=O) groups is 1. The van der Waals surface area contributed by atoms with Crippen molar-refractivity contribution in [2.24, 2.45) is 5.92 Å². The van der Waals surface area contributed by atoms with Crippen molar-refractivity contribution in [2.75, 3.05) is 40.5 Å². The molecule has 2 aromatic carbocycles. The molecule has 0 bridgehead atoms. The Balaban J connectivity index is 1.34. The van der Waals surface area contributed by atoms with E-state index in [-0.39, 0.29) is 16.6 Å². The molecule has 34 heavy (non-hydrogen) atoms. The van der Waals surface area contributed by atoms with Crippen molar-refractivity contribution in [1.29, 1.82) is 0 Å². The van der Waals surface area contributed by atoms with Gasteiger partial charge in [-0.2, -0.15) is 0 Å². The molecule has 1 N–H and O–H groups in total. The van der Waals surface area contributed by atoms with E-state index in [1.54, 1.807) is 6.07 Å². The number of sulfonamides is 1. The second-order valence-corrected chi connectivity index (χ2v) is 10.7. The van der Waals surface area contributed by atoms with E-state index in [1.165, 1.54) is 26.4 Å². The normalized spacial score (nSPS) is 17.4. The van der Waals surface area contributed by atoms with E-state index in [4.69, 9.17) is 14.2 Å². The van der Waals surface area contributed by atoms with E-state index >= 15 is 0 Å². The van der Waals surface area contributed by atoms with Crippen LogP contribution in [-0.2, 0) is 10.0 Å². The lowest BCUT2D eigenvalue weighted by Crippen LogP contribution is -2.58. The average Bonchev–Trinajstić information content (AvgIpc) is 3.61. The molecule has 2 aliphatic rings. The summed E-state index contributed by atoms with van der Waals surface area (Å²) in [6.45, 7) is 2.58. The number of ketones is 1. The molecule has 0 unspecified atom stereocenters. The van der Waals surface area contributed by atoms with Crippen molar-refractivity contribution >= 4 is 15.8 Å². The second kappa shape index (κ2) is 10.3. The molecule has 0 aromatic heterocycles. The summed E-state index contributed by atoms with van der Waals surface area (Å²) in [6.07, 6.45) is 4.61. The lowest BCUT2D eigenvalue weighted by Gasteiger charge is -2.33. The van der Waals surface area contributed by atoms with Crippen LogP contribution in [0.25, 0.3) is 0 Å². The first-order valence-electron chi connectivity index (χ1n) is 11.8. The Morgan fingerprint density at radius 1 is 1.00 bits per heavy atom. The minimum atomic E-state index is -3.75. The summed E-state index contributed by atoms with van der Waals surface area (Å²) in [5.74, 6) is 1.99. The highest BCUT2D eigenvalue weighted by molar-refractivity contribution is 7.89. The largest absolute Gasteiger partial charge is 0.493 e. The van der Waals surface area contributed by atoms with E-state index < -0.39 is 10.0 Å². The molecule has 184 valence electrons. The summed E-state index contributed by atoms with van der Waals surface area (Å²) < 4.78 is 43.0. The molecule has 1 heterocycles. The molecule has 1 aliphatic heterocycles. The highest BCUT2D eigenvalue weighted by atomic mass is 32.2. The standard InChI is InChI=1S/C25H33N2O6S/c1-31-23-13-12-22(18-24(23)32-2)34(29,30)26-27(14-3-4-15-27)16-5-17-33-21-10-8-20(9-11-21)25(28)19-6-7-19/h8-13,18-19,26H,3-7,14-17H2,1-2H3/q+1. The Hall–Kier alpha value is -2.62. The monoisotopic (exact) mass is 489 g/mol. The smallest absolute Gasteiger partial charge is 0.282 e. The Kier molecular flexibility index (Phi) is 7.45. The first kappa shape index (κ1) is 24.5. The molecule has 0 spiro atoms. The molecule has 1 aliphatic carbocycles. The average molecular weight is 490 g/mol. The molecule has 0 radical (unpaired) electrons. The van der Waals surface area contributed by atoms with Crippen LogP contribution in [0.5, 0.6) is 17.2 Å². The summed E-state index contributed by atoms with van der Waals surface area (Å²) in [4.78, 5) is 15.2. The molecule has 2 aromatic rings. The van der Waals surface area contributed by atoms with Crippen molar-refractivity contribution in [3.63, 3.8) is 0 Å². The number of Topliss-reactive ketones (excluding diaryl/α,β-unsaturated/α-hetero) is 1. The first-order valence-corrected chi connectivity index (χ1v) is 13.2. The van der Waals surface area contributed by atoms with Gasteiger partial charge in [-0.25, -0.2) is 13.0 Å². The van der Waals surface area contributed by atoms with E-state index in [9.17, 15) is 13.2 Å². The number of hydrogen-bond acceptors (Lipinski definition) is 6. The Morgan fingerprint density at radius 3 is 2.29 bits per heavy atom. The SMILES string of the molecule is COc1ccc(S(=O)(=O)N[N+]2(CCCOc3ccc(C(=O)C4CC4)cc3)CCCC2)cc1OC. The predicted octanol–water partition coefficient (Wildman–Crippen LogP) is 3.57. The lowest BCUT2D eigenvalue weighted by molar-refractivity contribution is -0.945. The van der Waals surface area contributed by atoms with Crippen LogP contribution in [-0.4, -0.2) is 59.3 Å². The zero-order chi connectivity index (χ0) is 24.2. The third-order valence-electron chi connectivity index (χ3n) is 6.49. The van der Waals surface area contributed by atoms with Crippen LogP contribution in [0.4, 0.5) is 0 Å². The summed E-state index contributed by atoms with van der Waals surface area (Å²) >= 11 is 0. The lowest BCUT2D eigenvalue weighted by atomic mass is 10.1. The van der Waals surface area contributed by atoms with Gasteiger partial charge in [-0.1, -0.05) is 4.83 Å². The molecule has 9 heteroatoms. The number of methoxy groups -OCH3 is 2. The van der Waals surface area contributed by atoms with E-state index in [2.05, 4.69) is 4.83 Å². The van der Waals surface area contributed by atoms with Crippen LogP contribution in [0.2, 0.25) is 0 Å². The molecular weight excluding hydrogens is 456 g/mol. The highest BCUT2D eigenvalue weighted by Crippen LogP contribution is 2.33. The van der Waals surface area contributed by atoms with Crippen LogP contribution < -0.4 is 19.0 Å². The van der Waals surface area contributed by atoms with Gasteiger partial charge in [0.15, 0.2) is 17.3 Å². The van der Waals surface area contributed by atoms with Crippen molar-refractivity contribution in [3.05, 3.63) is 48.0 Å². The van der Waals surface area contributed by atoms with Gasteiger partial charge in [0.2, 0.25) is 0 Å². The second-order valence-electron chi connectivity index (χ2n) is 9.00. The number of quaternary nitrogens is 1. The van der Waals surface area contributed by atoms with Gasteiger partial charge in [0.05, 0.1) is 38.8 Å². The van der Waals surface area contributed by atoms with E-state index in [0.29, 0.717) is 41.4 Å². The maximum atomic E-state index is 13.2. The van der Waals surface area contributed by atoms with Crippen LogP contribution in [0.3, 0.4) is 0 Å². The van der Waals surface area contributed by atoms with Gasteiger partial charge < -0.3 is 14.2 Å². The number of benzene rings is 2. The van der Waals surface area contributed by atoms with Crippen LogP contribution in [0.1, 0.15) is 42.5 Å². The Morgan fingerprint density at radius 2 is 1.68 bits per heavy atom. The van der Waals surface area contributed by atoms with E-state index in [0.717, 1.165) is 44.3 Å². The van der Waals surface area contributed by atoms with Gasteiger partial charge in [-0.3, -0.25) is 4.79 Å². The van der Waals surface area contributed by atoms with Gasteiger partial charge >= 0.3 is 0 Å². The van der Waals surface area contributed by atoms with Crippen LogP contribution >= 0.6 is 0 Å². The predicted molar refractivity (Wildman–Crippen MR) is 128 cm³/mol. The maximum absolute atomic E-state index is 13.2. The molecular formula is C25H33N2O6S+. The number of likely N-dealkylation sites (tertiary alicyclic amines) is 1. The fraction of sp³-hybridized carbons (Fsp3) is 0.480. The topological polar surface area (TPSA) is 90.9 Å². The highest BCUT2D eigenvalue weighted by Gasteiger charge is 2.37. The molecule has 4 rings (SSSR count). The summed E-state index contributed by atoms with van der Waals surface area (Å²) in [6, 6.07) is 11.9.